The van der Waals surface area contributed by atoms with E-state index in [0.29, 0.717) is 6.07 Å². The highest BCUT2D eigenvalue weighted by Crippen LogP contribution is 2.20. The number of hydrogen-bond acceptors (Lipinski definition) is 2. The van der Waals surface area contributed by atoms with Gasteiger partial charge in [0.05, 0.1) is 11.7 Å². The summed E-state index contributed by atoms with van der Waals surface area (Å²) in [7, 11) is 0. The molecule has 0 aliphatic carbocycles. The van der Waals surface area contributed by atoms with Crippen molar-refractivity contribution in [3.63, 3.8) is 0 Å². The van der Waals surface area contributed by atoms with Crippen LogP contribution in [0, 0.1) is 11.6 Å². The van der Waals surface area contributed by atoms with Crippen molar-refractivity contribution in [2.75, 3.05) is 0 Å². The first-order valence-electron chi connectivity index (χ1n) is 3.83. The predicted molar refractivity (Wildman–Crippen MR) is 44.0 cm³/mol. The van der Waals surface area contributed by atoms with Crippen molar-refractivity contribution in [2.24, 2.45) is 0 Å². The molecule has 76 valence electrons. The summed E-state index contributed by atoms with van der Waals surface area (Å²) in [5, 5.41) is 17.6. The molecule has 0 aliphatic heterocycles. The number of carboxylic acids is 1. The Bertz CT molecular complexity index is 375. The number of carbonyl (C=O) groups is 1. The first kappa shape index (κ1) is 10.6. The largest absolute Gasteiger partial charge is 0.478 e. The van der Waals surface area contributed by atoms with Crippen LogP contribution in [0.2, 0.25) is 0 Å². The molecular weight excluding hydrogens is 194 g/mol. The number of aliphatic hydroxyl groups excluding tert-OH is 1. The fourth-order valence-corrected chi connectivity index (χ4v) is 1.05. The highest BCUT2D eigenvalue weighted by molar-refractivity contribution is 5.88. The third-order valence-corrected chi connectivity index (χ3v) is 1.77. The second kappa shape index (κ2) is 3.71. The summed E-state index contributed by atoms with van der Waals surface area (Å²) in [4.78, 5) is 10.5. The first-order valence-corrected chi connectivity index (χ1v) is 3.83. The Kier molecular flexibility index (Phi) is 2.81. The first-order chi connectivity index (χ1) is 6.43. The molecule has 0 fully saturated rings. The van der Waals surface area contributed by atoms with Gasteiger partial charge in [-0.2, -0.15) is 0 Å². The monoisotopic (exact) mass is 202 g/mol. The Balaban J connectivity index is 3.34. The maximum atomic E-state index is 13.0. The van der Waals surface area contributed by atoms with Gasteiger partial charge in [-0.15, -0.1) is 0 Å². The third kappa shape index (κ3) is 1.88. The van der Waals surface area contributed by atoms with Gasteiger partial charge in [0, 0.05) is 11.6 Å². The van der Waals surface area contributed by atoms with E-state index in [-0.39, 0.29) is 5.56 Å². The second-order valence-corrected chi connectivity index (χ2v) is 2.83. The van der Waals surface area contributed by atoms with Crippen molar-refractivity contribution in [3.05, 3.63) is 34.9 Å². The molecule has 0 spiro atoms. The molecule has 2 N–H and O–H groups in total. The lowest BCUT2D eigenvalue weighted by Gasteiger charge is -2.07. The Labute approximate surface area is 78.6 Å². The standard InChI is InChI=1S/C9H8F2O3/c1-4(12)5-2-6(9(13)14)8(11)3-7(5)10/h2-4,12H,1H3,(H,13,14). The summed E-state index contributed by atoms with van der Waals surface area (Å²) in [6, 6.07) is 1.24. The second-order valence-electron chi connectivity index (χ2n) is 2.83. The molecule has 1 atom stereocenters. The van der Waals surface area contributed by atoms with Gasteiger partial charge in [-0.1, -0.05) is 0 Å². The van der Waals surface area contributed by atoms with E-state index >= 15 is 0 Å². The van der Waals surface area contributed by atoms with Crippen LogP contribution in [0.1, 0.15) is 28.9 Å². The third-order valence-electron chi connectivity index (χ3n) is 1.77. The maximum Gasteiger partial charge on any atom is 0.338 e. The van der Waals surface area contributed by atoms with Crippen LogP contribution in [0.4, 0.5) is 8.78 Å². The number of halogens is 2. The molecule has 1 aromatic carbocycles. The van der Waals surface area contributed by atoms with Crippen LogP contribution in [0.25, 0.3) is 0 Å². The number of rotatable bonds is 2. The maximum absolute atomic E-state index is 13.0. The zero-order valence-electron chi connectivity index (χ0n) is 7.29. The number of aliphatic hydroxyl groups is 1. The minimum absolute atomic E-state index is 0.233. The molecule has 0 aromatic heterocycles. The van der Waals surface area contributed by atoms with Gasteiger partial charge < -0.3 is 10.2 Å². The number of benzene rings is 1. The average Bonchev–Trinajstić information content (AvgIpc) is 2.02. The van der Waals surface area contributed by atoms with Crippen molar-refractivity contribution in [1.82, 2.24) is 0 Å². The fourth-order valence-electron chi connectivity index (χ4n) is 1.05. The SMILES string of the molecule is CC(O)c1cc(C(=O)O)c(F)cc1F. The van der Waals surface area contributed by atoms with Crippen LogP contribution < -0.4 is 0 Å². The van der Waals surface area contributed by atoms with E-state index in [1.807, 2.05) is 0 Å². The molecule has 3 nitrogen and oxygen atoms in total. The summed E-state index contributed by atoms with van der Waals surface area (Å²) >= 11 is 0. The Morgan fingerprint density at radius 1 is 1.36 bits per heavy atom. The van der Waals surface area contributed by atoms with Gasteiger partial charge in [0.1, 0.15) is 11.6 Å². The lowest BCUT2D eigenvalue weighted by Crippen LogP contribution is -2.05. The zero-order valence-corrected chi connectivity index (χ0v) is 7.29. The summed E-state index contributed by atoms with van der Waals surface area (Å²) in [6.45, 7) is 1.27. The van der Waals surface area contributed by atoms with E-state index in [4.69, 9.17) is 10.2 Å². The lowest BCUT2D eigenvalue weighted by molar-refractivity contribution is 0.0691. The van der Waals surface area contributed by atoms with Gasteiger partial charge in [-0.25, -0.2) is 13.6 Å². The minimum atomic E-state index is -1.50. The van der Waals surface area contributed by atoms with Gasteiger partial charge >= 0.3 is 5.97 Å². The molecule has 5 heteroatoms. The minimum Gasteiger partial charge on any atom is -0.478 e. The highest BCUT2D eigenvalue weighted by atomic mass is 19.1. The molecule has 1 aromatic rings. The van der Waals surface area contributed by atoms with Gasteiger partial charge in [-0.05, 0) is 13.0 Å². The molecule has 0 amide bonds. The van der Waals surface area contributed by atoms with Gasteiger partial charge in [0.15, 0.2) is 0 Å². The van der Waals surface area contributed by atoms with Crippen molar-refractivity contribution >= 4 is 5.97 Å². The van der Waals surface area contributed by atoms with Crippen molar-refractivity contribution in [3.8, 4) is 0 Å². The number of aromatic carboxylic acids is 1. The molecule has 14 heavy (non-hydrogen) atoms. The Hall–Kier alpha value is -1.49. The Morgan fingerprint density at radius 2 is 1.93 bits per heavy atom. The molecule has 0 bridgehead atoms. The van der Waals surface area contributed by atoms with E-state index in [1.54, 1.807) is 0 Å². The van der Waals surface area contributed by atoms with Crippen molar-refractivity contribution in [1.29, 1.82) is 0 Å². The molecular formula is C9H8F2O3. The van der Waals surface area contributed by atoms with E-state index in [1.165, 1.54) is 6.92 Å². The molecule has 0 saturated carbocycles. The van der Waals surface area contributed by atoms with E-state index in [9.17, 15) is 13.6 Å². The summed E-state index contributed by atoms with van der Waals surface area (Å²) in [5.41, 5.74) is -0.883. The van der Waals surface area contributed by atoms with Gasteiger partial charge in [0.2, 0.25) is 0 Å². The van der Waals surface area contributed by atoms with Crippen LogP contribution in [0.3, 0.4) is 0 Å². The molecule has 0 heterocycles. The smallest absolute Gasteiger partial charge is 0.338 e. The van der Waals surface area contributed by atoms with Gasteiger partial charge in [0.25, 0.3) is 0 Å². The zero-order chi connectivity index (χ0) is 10.9. The number of carboxylic acid groups (broad SMARTS) is 1. The normalized spacial score (nSPS) is 12.6. The molecule has 0 aliphatic rings. The summed E-state index contributed by atoms with van der Waals surface area (Å²) in [5.74, 6) is -3.61. The quantitative estimate of drug-likeness (QED) is 0.767. The fraction of sp³-hybridized carbons (Fsp3) is 0.222. The molecule has 0 radical (unpaired) electrons. The number of hydrogen-bond donors (Lipinski definition) is 2. The van der Waals surface area contributed by atoms with Crippen LogP contribution in [0.15, 0.2) is 12.1 Å². The van der Waals surface area contributed by atoms with Crippen molar-refractivity contribution < 1.29 is 23.8 Å². The van der Waals surface area contributed by atoms with Crippen LogP contribution >= 0.6 is 0 Å². The predicted octanol–water partition coefficient (Wildman–Crippen LogP) is 1.72. The summed E-state index contributed by atoms with van der Waals surface area (Å²) in [6.07, 6.45) is -1.17. The topological polar surface area (TPSA) is 57.5 Å². The molecule has 1 rings (SSSR count). The van der Waals surface area contributed by atoms with Gasteiger partial charge in [-0.3, -0.25) is 0 Å². The van der Waals surface area contributed by atoms with E-state index < -0.39 is 29.3 Å². The van der Waals surface area contributed by atoms with E-state index in [0.717, 1.165) is 6.07 Å². The average molecular weight is 202 g/mol. The van der Waals surface area contributed by atoms with Crippen LogP contribution in [-0.4, -0.2) is 16.2 Å². The summed E-state index contributed by atoms with van der Waals surface area (Å²) < 4.78 is 25.8. The van der Waals surface area contributed by atoms with Crippen molar-refractivity contribution in [2.45, 2.75) is 13.0 Å². The van der Waals surface area contributed by atoms with E-state index in [2.05, 4.69) is 0 Å². The molecule has 0 saturated heterocycles. The Morgan fingerprint density at radius 3 is 2.36 bits per heavy atom. The highest BCUT2D eigenvalue weighted by Gasteiger charge is 2.17. The van der Waals surface area contributed by atoms with Crippen LogP contribution in [0.5, 0.6) is 0 Å². The van der Waals surface area contributed by atoms with Crippen LogP contribution in [-0.2, 0) is 0 Å². The molecule has 1 unspecified atom stereocenters. The lowest BCUT2D eigenvalue weighted by atomic mass is 10.1.